The van der Waals surface area contributed by atoms with Crippen molar-refractivity contribution >= 4 is 23.3 Å². The van der Waals surface area contributed by atoms with Crippen molar-refractivity contribution < 1.29 is 9.50 Å². The summed E-state index contributed by atoms with van der Waals surface area (Å²) in [6.45, 7) is 0. The Bertz CT molecular complexity index is 723. The fraction of sp³-hybridized carbons (Fsp3) is 0.385. The number of hydrogen-bond acceptors (Lipinski definition) is 5. The Morgan fingerprint density at radius 1 is 1.43 bits per heavy atom. The molecule has 0 fully saturated rings. The van der Waals surface area contributed by atoms with Gasteiger partial charge in [-0.25, -0.2) is 24.3 Å². The van der Waals surface area contributed by atoms with Crippen LogP contribution in [0.25, 0.3) is 11.2 Å². The molecular formula is C13H15FN6O. The molecule has 0 bridgehead atoms. The van der Waals surface area contributed by atoms with Crippen LogP contribution in [0.2, 0.25) is 0 Å². The second-order valence-corrected chi connectivity index (χ2v) is 5.10. The normalized spacial score (nSPS) is 22.2. The molecule has 0 aromatic carbocycles. The van der Waals surface area contributed by atoms with E-state index in [1.54, 1.807) is 22.1 Å². The molecule has 1 aliphatic rings. The summed E-state index contributed by atoms with van der Waals surface area (Å²) in [7, 11) is 3.71. The second kappa shape index (κ2) is 5.21. The number of imidazole rings is 1. The summed E-state index contributed by atoms with van der Waals surface area (Å²) < 4.78 is 15.1. The maximum atomic E-state index is 13.4. The van der Waals surface area contributed by atoms with Crippen molar-refractivity contribution in [3.05, 3.63) is 24.6 Å². The average Bonchev–Trinajstić information content (AvgIpc) is 3.01. The van der Waals surface area contributed by atoms with Crippen LogP contribution < -0.4 is 0 Å². The van der Waals surface area contributed by atoms with Crippen LogP contribution in [-0.2, 0) is 0 Å². The molecule has 110 valence electrons. The number of rotatable bonds is 3. The molecule has 0 amide bonds. The van der Waals surface area contributed by atoms with E-state index in [-0.39, 0.29) is 12.5 Å². The number of hydrogen-bond donors (Lipinski definition) is 1. The number of aliphatic hydroxyl groups excluding tert-OH is 1. The Morgan fingerprint density at radius 2 is 2.24 bits per heavy atom. The van der Waals surface area contributed by atoms with Crippen molar-refractivity contribution in [2.75, 3.05) is 14.1 Å². The van der Waals surface area contributed by atoms with Crippen LogP contribution in [0.4, 0.5) is 10.2 Å². The highest BCUT2D eigenvalue weighted by Gasteiger charge is 2.27. The predicted octanol–water partition coefficient (Wildman–Crippen LogP) is 1.21. The molecule has 0 radical (unpaired) electrons. The molecule has 7 nitrogen and oxygen atoms in total. The van der Waals surface area contributed by atoms with Gasteiger partial charge >= 0.3 is 0 Å². The summed E-state index contributed by atoms with van der Waals surface area (Å²) in [6.07, 6.45) is 5.20. The van der Waals surface area contributed by atoms with E-state index >= 15 is 0 Å². The fourth-order valence-corrected chi connectivity index (χ4v) is 2.25. The Balaban J connectivity index is 2.02. The van der Waals surface area contributed by atoms with Gasteiger partial charge in [0.15, 0.2) is 17.0 Å². The summed E-state index contributed by atoms with van der Waals surface area (Å²) in [4.78, 5) is 18.6. The molecule has 0 aliphatic heterocycles. The summed E-state index contributed by atoms with van der Waals surface area (Å²) in [5.41, 5.74) is 1.12. The van der Waals surface area contributed by atoms with E-state index < -0.39 is 11.9 Å². The highest BCUT2D eigenvalue weighted by Crippen LogP contribution is 2.32. The molecule has 0 spiro atoms. The van der Waals surface area contributed by atoms with Gasteiger partial charge in [0, 0.05) is 20.5 Å². The van der Waals surface area contributed by atoms with Crippen LogP contribution in [0, 0.1) is 0 Å². The molecule has 0 saturated carbocycles. The van der Waals surface area contributed by atoms with Crippen molar-refractivity contribution in [1.82, 2.24) is 24.4 Å². The van der Waals surface area contributed by atoms with Crippen molar-refractivity contribution in [2.45, 2.75) is 18.6 Å². The number of aliphatic imine (C=N–C) groups is 1. The van der Waals surface area contributed by atoms with Gasteiger partial charge in [-0.3, -0.25) is 0 Å². The zero-order valence-corrected chi connectivity index (χ0v) is 11.7. The molecule has 1 aliphatic carbocycles. The number of aliphatic hydroxyl groups is 1. The van der Waals surface area contributed by atoms with E-state index in [0.29, 0.717) is 17.0 Å². The molecule has 2 aromatic rings. The highest BCUT2D eigenvalue weighted by atomic mass is 19.1. The molecule has 3 rings (SSSR count). The van der Waals surface area contributed by atoms with Gasteiger partial charge in [0.25, 0.3) is 0 Å². The second-order valence-electron chi connectivity index (χ2n) is 5.10. The summed E-state index contributed by atoms with van der Waals surface area (Å²) >= 11 is 0. The summed E-state index contributed by atoms with van der Waals surface area (Å²) in [6, 6.07) is -0.300. The Hall–Kier alpha value is -2.35. The lowest BCUT2D eigenvalue weighted by atomic mass is 10.2. The van der Waals surface area contributed by atoms with Gasteiger partial charge < -0.3 is 14.6 Å². The van der Waals surface area contributed by atoms with Crippen molar-refractivity contribution in [1.29, 1.82) is 0 Å². The smallest absolute Gasteiger partial charge is 0.184 e. The third-order valence-corrected chi connectivity index (χ3v) is 3.24. The van der Waals surface area contributed by atoms with Gasteiger partial charge in [-0.15, -0.1) is 0 Å². The van der Waals surface area contributed by atoms with Gasteiger partial charge in [0.1, 0.15) is 18.3 Å². The average molecular weight is 290 g/mol. The topological polar surface area (TPSA) is 79.4 Å². The first kappa shape index (κ1) is 13.6. The highest BCUT2D eigenvalue weighted by molar-refractivity contribution is 5.83. The lowest BCUT2D eigenvalue weighted by Crippen LogP contribution is -2.08. The van der Waals surface area contributed by atoms with E-state index in [2.05, 4.69) is 19.9 Å². The van der Waals surface area contributed by atoms with Crippen LogP contribution >= 0.6 is 0 Å². The first-order valence-electron chi connectivity index (χ1n) is 6.49. The summed E-state index contributed by atoms with van der Waals surface area (Å²) in [5.74, 6) is -0.0581. The van der Waals surface area contributed by atoms with E-state index in [0.717, 1.165) is 0 Å². The predicted molar refractivity (Wildman–Crippen MR) is 76.0 cm³/mol. The molecular weight excluding hydrogens is 275 g/mol. The minimum absolute atomic E-state index is 0.275. The summed E-state index contributed by atoms with van der Waals surface area (Å²) in [5, 5.41) is 9.50. The van der Waals surface area contributed by atoms with Gasteiger partial charge in [0.2, 0.25) is 0 Å². The van der Waals surface area contributed by atoms with Gasteiger partial charge in [-0.2, -0.15) is 0 Å². The van der Waals surface area contributed by atoms with Crippen molar-refractivity contribution in [2.24, 2.45) is 4.99 Å². The van der Waals surface area contributed by atoms with E-state index in [1.807, 2.05) is 14.1 Å². The quantitative estimate of drug-likeness (QED) is 0.679. The molecule has 8 heteroatoms. The van der Waals surface area contributed by atoms with E-state index in [9.17, 15) is 9.50 Å². The fourth-order valence-electron chi connectivity index (χ4n) is 2.25. The lowest BCUT2D eigenvalue weighted by Gasteiger charge is -2.10. The maximum absolute atomic E-state index is 13.4. The van der Waals surface area contributed by atoms with Crippen molar-refractivity contribution in [3.8, 4) is 0 Å². The zero-order chi connectivity index (χ0) is 15.0. The number of allylic oxidation sites excluding steroid dienone is 1. The number of halogens is 1. The van der Waals surface area contributed by atoms with Crippen LogP contribution in [0.5, 0.6) is 0 Å². The molecule has 1 N–H and O–H groups in total. The van der Waals surface area contributed by atoms with Gasteiger partial charge in [0.05, 0.1) is 18.7 Å². The molecule has 2 heterocycles. The molecule has 0 saturated heterocycles. The molecule has 21 heavy (non-hydrogen) atoms. The molecule has 2 aromatic heterocycles. The minimum Gasteiger partial charge on any atom is -0.386 e. The Morgan fingerprint density at radius 3 is 2.90 bits per heavy atom. The first-order valence-corrected chi connectivity index (χ1v) is 6.49. The lowest BCUT2D eigenvalue weighted by molar-refractivity contribution is 0.177. The largest absolute Gasteiger partial charge is 0.386 e. The molecule has 0 unspecified atom stereocenters. The van der Waals surface area contributed by atoms with Crippen LogP contribution in [0.3, 0.4) is 0 Å². The number of nitrogens with zero attached hydrogens (tertiary/aromatic N) is 6. The minimum atomic E-state index is -1.06. The van der Waals surface area contributed by atoms with Gasteiger partial charge in [-0.1, -0.05) is 0 Å². The first-order chi connectivity index (χ1) is 10.1. The molecule has 2 atom stereocenters. The van der Waals surface area contributed by atoms with Crippen LogP contribution in [0.1, 0.15) is 12.5 Å². The van der Waals surface area contributed by atoms with Crippen LogP contribution in [0.15, 0.2) is 29.5 Å². The van der Waals surface area contributed by atoms with Gasteiger partial charge in [-0.05, 0) is 6.08 Å². The monoisotopic (exact) mass is 290 g/mol. The third-order valence-electron chi connectivity index (χ3n) is 3.24. The van der Waals surface area contributed by atoms with E-state index in [1.165, 1.54) is 12.4 Å². The number of aromatic nitrogens is 4. The van der Waals surface area contributed by atoms with E-state index in [4.69, 9.17) is 0 Å². The Kier molecular flexibility index (Phi) is 3.38. The number of fused-ring (bicyclic) bond motifs is 1. The third kappa shape index (κ3) is 2.49. The standard InChI is InChI=1S/C13H15FN6O/c1-19(2)6-18-12-11-13(16-5-15-12)20(7-17-11)8-3-9(14)10(21)4-8/h3,5-8,10,21H,4H2,1-2H3/t8-,10-/m1/s1. The SMILES string of the molecule is CN(C)C=Nc1ncnc2c1ncn2[C@@H]1C=C(F)[C@H](O)C1. The Labute approximate surface area is 120 Å². The zero-order valence-electron chi connectivity index (χ0n) is 11.7. The van der Waals surface area contributed by atoms with Crippen molar-refractivity contribution in [3.63, 3.8) is 0 Å². The van der Waals surface area contributed by atoms with Crippen LogP contribution in [-0.4, -0.2) is 56.1 Å². The maximum Gasteiger partial charge on any atom is 0.184 e.